The van der Waals surface area contributed by atoms with E-state index in [0.717, 1.165) is 30.4 Å². The van der Waals surface area contributed by atoms with E-state index in [1.165, 1.54) is 22.4 Å². The highest BCUT2D eigenvalue weighted by atomic mass is 16.1. The molecule has 0 saturated heterocycles. The van der Waals surface area contributed by atoms with Crippen molar-refractivity contribution >= 4 is 0 Å². The van der Waals surface area contributed by atoms with Gasteiger partial charge in [0.05, 0.1) is 6.04 Å². The van der Waals surface area contributed by atoms with Crippen molar-refractivity contribution in [2.24, 2.45) is 5.73 Å². The Labute approximate surface area is 138 Å². The molecule has 0 amide bonds. The Kier molecular flexibility index (Phi) is 4.15. The molecule has 3 rings (SSSR count). The molecule has 2 N–H and O–H groups in total. The molecule has 23 heavy (non-hydrogen) atoms. The minimum Gasteiger partial charge on any atom is -0.320 e. The van der Waals surface area contributed by atoms with E-state index in [1.807, 2.05) is 10.6 Å². The highest BCUT2D eigenvalue weighted by Crippen LogP contribution is 2.27. The largest absolute Gasteiger partial charge is 0.320 e. The van der Waals surface area contributed by atoms with Gasteiger partial charge < -0.3 is 10.3 Å². The first-order chi connectivity index (χ1) is 10.9. The molecule has 0 fully saturated rings. The zero-order chi connectivity index (χ0) is 16.7. The van der Waals surface area contributed by atoms with Crippen LogP contribution >= 0.6 is 0 Å². The van der Waals surface area contributed by atoms with Crippen LogP contribution in [-0.2, 0) is 12.8 Å². The molecule has 2 aromatic rings. The fourth-order valence-electron chi connectivity index (χ4n) is 3.60. The van der Waals surface area contributed by atoms with Crippen LogP contribution in [0.25, 0.3) is 0 Å². The van der Waals surface area contributed by atoms with Crippen molar-refractivity contribution in [1.29, 1.82) is 0 Å². The van der Waals surface area contributed by atoms with Crippen molar-refractivity contribution in [3.63, 3.8) is 0 Å². The van der Waals surface area contributed by atoms with Crippen LogP contribution in [0.3, 0.4) is 0 Å². The van der Waals surface area contributed by atoms with Crippen LogP contribution in [0, 0.1) is 13.8 Å². The van der Waals surface area contributed by atoms with Gasteiger partial charge in [-0.3, -0.25) is 4.79 Å². The van der Waals surface area contributed by atoms with E-state index in [2.05, 4.69) is 45.9 Å². The van der Waals surface area contributed by atoms with Crippen LogP contribution in [0.4, 0.5) is 0 Å². The molecule has 1 aromatic heterocycles. The second-order valence-electron chi connectivity index (χ2n) is 7.02. The summed E-state index contributed by atoms with van der Waals surface area (Å²) in [5.41, 5.74) is 13.3. The van der Waals surface area contributed by atoms with Gasteiger partial charge in [-0.25, -0.2) is 0 Å². The maximum absolute atomic E-state index is 13.0. The molecule has 1 aliphatic carbocycles. The molecule has 1 atom stereocenters. The molecule has 0 aliphatic heterocycles. The standard InChI is InChI=1S/C20H26N2O/c1-12(2)22-18-7-5-6-15(18)11-17(20(22)23)19(21)16-9-8-13(3)14(4)10-16/h8-12,19H,5-7,21H2,1-4H3. The summed E-state index contributed by atoms with van der Waals surface area (Å²) in [7, 11) is 0. The minimum atomic E-state index is -0.363. The van der Waals surface area contributed by atoms with Crippen molar-refractivity contribution in [2.45, 2.75) is 59.0 Å². The topological polar surface area (TPSA) is 48.0 Å². The number of nitrogens with two attached hydrogens (primary N) is 1. The number of aromatic nitrogens is 1. The fourth-order valence-corrected chi connectivity index (χ4v) is 3.60. The van der Waals surface area contributed by atoms with E-state index in [-0.39, 0.29) is 17.6 Å². The molecule has 0 radical (unpaired) electrons. The lowest BCUT2D eigenvalue weighted by Gasteiger charge is -2.21. The van der Waals surface area contributed by atoms with Crippen LogP contribution in [0.15, 0.2) is 29.1 Å². The zero-order valence-corrected chi connectivity index (χ0v) is 14.5. The molecule has 122 valence electrons. The number of nitrogens with zero attached hydrogens (tertiary/aromatic N) is 1. The minimum absolute atomic E-state index is 0.0754. The van der Waals surface area contributed by atoms with Crippen molar-refractivity contribution in [1.82, 2.24) is 4.57 Å². The van der Waals surface area contributed by atoms with Gasteiger partial charge in [-0.05, 0) is 75.3 Å². The summed E-state index contributed by atoms with van der Waals surface area (Å²) in [5.74, 6) is 0. The molecular formula is C20H26N2O. The van der Waals surface area contributed by atoms with Crippen LogP contribution in [-0.4, -0.2) is 4.57 Å². The van der Waals surface area contributed by atoms with E-state index in [1.54, 1.807) is 0 Å². The van der Waals surface area contributed by atoms with Gasteiger partial charge in [0.1, 0.15) is 0 Å². The highest BCUT2D eigenvalue weighted by molar-refractivity contribution is 5.39. The third kappa shape index (κ3) is 2.74. The average molecular weight is 310 g/mol. The van der Waals surface area contributed by atoms with Gasteiger partial charge in [-0.2, -0.15) is 0 Å². The second-order valence-corrected chi connectivity index (χ2v) is 7.02. The second kappa shape index (κ2) is 5.97. The van der Waals surface area contributed by atoms with E-state index >= 15 is 0 Å². The Balaban J connectivity index is 2.14. The first-order valence-electron chi connectivity index (χ1n) is 8.50. The van der Waals surface area contributed by atoms with Crippen molar-refractivity contribution in [3.8, 4) is 0 Å². The Bertz CT molecular complexity index is 802. The quantitative estimate of drug-likeness (QED) is 0.942. The maximum atomic E-state index is 13.0. The molecule has 1 aromatic carbocycles. The highest BCUT2D eigenvalue weighted by Gasteiger charge is 2.23. The number of fused-ring (bicyclic) bond motifs is 1. The van der Waals surface area contributed by atoms with Gasteiger partial charge in [0.2, 0.25) is 0 Å². The Morgan fingerprint density at radius 3 is 2.48 bits per heavy atom. The molecular weight excluding hydrogens is 284 g/mol. The van der Waals surface area contributed by atoms with Gasteiger partial charge in [0.15, 0.2) is 0 Å². The van der Waals surface area contributed by atoms with Crippen LogP contribution in [0.1, 0.15) is 65.9 Å². The van der Waals surface area contributed by atoms with Crippen LogP contribution in [0.2, 0.25) is 0 Å². The van der Waals surface area contributed by atoms with Gasteiger partial charge in [-0.1, -0.05) is 18.2 Å². The van der Waals surface area contributed by atoms with Crippen LogP contribution in [0.5, 0.6) is 0 Å². The SMILES string of the molecule is Cc1ccc(C(N)c2cc3c(n(C(C)C)c2=O)CCC3)cc1C. The fraction of sp³-hybridized carbons (Fsp3) is 0.450. The maximum Gasteiger partial charge on any atom is 0.256 e. The van der Waals surface area contributed by atoms with Crippen molar-refractivity contribution in [3.05, 3.63) is 68.1 Å². The summed E-state index contributed by atoms with van der Waals surface area (Å²) in [6.07, 6.45) is 3.18. The third-order valence-corrected chi connectivity index (χ3v) is 5.06. The molecule has 0 spiro atoms. The first kappa shape index (κ1) is 16.0. The molecule has 1 heterocycles. The summed E-state index contributed by atoms with van der Waals surface area (Å²) in [5, 5.41) is 0. The van der Waals surface area contributed by atoms with E-state index < -0.39 is 0 Å². The number of rotatable bonds is 3. The van der Waals surface area contributed by atoms with E-state index in [9.17, 15) is 4.79 Å². The predicted octanol–water partition coefficient (Wildman–Crippen LogP) is 3.58. The lowest BCUT2D eigenvalue weighted by atomic mass is 9.95. The molecule has 3 nitrogen and oxygen atoms in total. The lowest BCUT2D eigenvalue weighted by Crippen LogP contribution is -2.32. The summed E-state index contributed by atoms with van der Waals surface area (Å²) < 4.78 is 1.96. The van der Waals surface area contributed by atoms with Gasteiger partial charge in [0, 0.05) is 17.3 Å². The van der Waals surface area contributed by atoms with Gasteiger partial charge >= 0.3 is 0 Å². The Morgan fingerprint density at radius 2 is 1.83 bits per heavy atom. The molecule has 1 aliphatic rings. The summed E-state index contributed by atoms with van der Waals surface area (Å²) >= 11 is 0. The number of hydrogen-bond acceptors (Lipinski definition) is 2. The van der Waals surface area contributed by atoms with Crippen molar-refractivity contribution < 1.29 is 0 Å². The van der Waals surface area contributed by atoms with E-state index in [4.69, 9.17) is 5.73 Å². The number of pyridine rings is 1. The van der Waals surface area contributed by atoms with Crippen molar-refractivity contribution in [2.75, 3.05) is 0 Å². The number of hydrogen-bond donors (Lipinski definition) is 1. The summed E-state index contributed by atoms with van der Waals surface area (Å²) in [4.78, 5) is 13.0. The Hall–Kier alpha value is -1.87. The molecule has 3 heteroatoms. The molecule has 0 bridgehead atoms. The van der Waals surface area contributed by atoms with Gasteiger partial charge in [-0.15, -0.1) is 0 Å². The van der Waals surface area contributed by atoms with E-state index in [0.29, 0.717) is 0 Å². The third-order valence-electron chi connectivity index (χ3n) is 5.06. The summed E-state index contributed by atoms with van der Waals surface area (Å²) in [6, 6.07) is 8.09. The predicted molar refractivity (Wildman–Crippen MR) is 95.1 cm³/mol. The lowest BCUT2D eigenvalue weighted by molar-refractivity contribution is 0.546. The average Bonchev–Trinajstić information content (AvgIpc) is 2.96. The first-order valence-corrected chi connectivity index (χ1v) is 8.50. The monoisotopic (exact) mass is 310 g/mol. The normalized spacial score (nSPS) is 15.0. The molecule has 1 unspecified atom stereocenters. The van der Waals surface area contributed by atoms with Crippen LogP contribution < -0.4 is 11.3 Å². The smallest absolute Gasteiger partial charge is 0.256 e. The molecule has 0 saturated carbocycles. The zero-order valence-electron chi connectivity index (χ0n) is 14.5. The number of aryl methyl sites for hydroxylation is 3. The van der Waals surface area contributed by atoms with Gasteiger partial charge in [0.25, 0.3) is 5.56 Å². The number of benzene rings is 1. The Morgan fingerprint density at radius 1 is 1.09 bits per heavy atom. The summed E-state index contributed by atoms with van der Waals surface area (Å²) in [6.45, 7) is 8.32.